The van der Waals surface area contributed by atoms with Gasteiger partial charge in [0.2, 0.25) is 0 Å². The van der Waals surface area contributed by atoms with Gasteiger partial charge < -0.3 is 9.47 Å². The zero-order valence-corrected chi connectivity index (χ0v) is 17.3. The topological polar surface area (TPSA) is 51.7 Å². The second-order valence-electron chi connectivity index (χ2n) is 7.31. The fourth-order valence-corrected chi connectivity index (χ4v) is 4.31. The minimum Gasteiger partial charge on any atom is -0.468 e. The summed E-state index contributed by atoms with van der Waals surface area (Å²) in [5, 5.41) is 3.10. The number of hydrogen-bond acceptors (Lipinski definition) is 6. The molecule has 0 bridgehead atoms. The highest BCUT2D eigenvalue weighted by Gasteiger charge is 2.34. The summed E-state index contributed by atoms with van der Waals surface area (Å²) in [7, 11) is 3.14. The summed E-state index contributed by atoms with van der Waals surface area (Å²) in [5.74, 6) is 0.327. The number of thiazole rings is 1. The Kier molecular flexibility index (Phi) is 6.63. The van der Waals surface area contributed by atoms with Crippen molar-refractivity contribution in [1.29, 1.82) is 0 Å². The Labute approximate surface area is 165 Å². The Hall–Kier alpha value is -1.76. The number of rotatable bonds is 6. The molecule has 0 radical (unpaired) electrons. The predicted molar refractivity (Wildman–Crippen MR) is 108 cm³/mol. The van der Waals surface area contributed by atoms with Gasteiger partial charge in [0.15, 0.2) is 0 Å². The van der Waals surface area contributed by atoms with Gasteiger partial charge in [0, 0.05) is 31.1 Å². The van der Waals surface area contributed by atoms with Crippen molar-refractivity contribution in [2.45, 2.75) is 51.3 Å². The van der Waals surface area contributed by atoms with Gasteiger partial charge >= 0.3 is 5.97 Å². The van der Waals surface area contributed by atoms with Gasteiger partial charge in [-0.3, -0.25) is 9.69 Å². The number of aromatic nitrogens is 1. The second kappa shape index (κ2) is 8.95. The van der Waals surface area contributed by atoms with Crippen LogP contribution in [-0.4, -0.2) is 48.8 Å². The van der Waals surface area contributed by atoms with Crippen molar-refractivity contribution in [3.05, 3.63) is 40.9 Å². The summed E-state index contributed by atoms with van der Waals surface area (Å²) < 4.78 is 10.5. The number of methoxy groups -OCH3 is 2. The molecule has 146 valence electrons. The number of carbonyl (C=O) groups excluding carboxylic acids is 1. The Morgan fingerprint density at radius 1 is 1.30 bits per heavy atom. The van der Waals surface area contributed by atoms with Crippen LogP contribution in [0.2, 0.25) is 0 Å². The molecule has 1 aliphatic heterocycles. The molecule has 2 heterocycles. The molecule has 0 amide bonds. The van der Waals surface area contributed by atoms with Crippen LogP contribution in [0.1, 0.15) is 43.9 Å². The lowest BCUT2D eigenvalue weighted by molar-refractivity contribution is -0.151. The quantitative estimate of drug-likeness (QED) is 0.698. The summed E-state index contributed by atoms with van der Waals surface area (Å²) >= 11 is 1.65. The first-order valence-electron chi connectivity index (χ1n) is 9.41. The zero-order chi connectivity index (χ0) is 19.4. The number of hydrogen-bond donors (Lipinski definition) is 0. The van der Waals surface area contributed by atoms with Gasteiger partial charge in [-0.25, -0.2) is 4.98 Å². The summed E-state index contributed by atoms with van der Waals surface area (Å²) in [5.41, 5.74) is 3.46. The normalized spacial score (nSPS) is 20.8. The first-order valence-corrected chi connectivity index (χ1v) is 10.3. The predicted octanol–water partition coefficient (Wildman–Crippen LogP) is 4.09. The number of nitrogens with zero attached hydrogens (tertiary/aromatic N) is 2. The SMILES string of the molecule is COC(=O)C1CC(OC)CCN1Cc1csc(-c2ccc(C(C)C)cc2)n1. The van der Waals surface area contributed by atoms with Crippen molar-refractivity contribution in [3.63, 3.8) is 0 Å². The molecule has 2 aromatic rings. The van der Waals surface area contributed by atoms with Gasteiger partial charge in [0.05, 0.1) is 18.9 Å². The highest BCUT2D eigenvalue weighted by molar-refractivity contribution is 7.13. The molecule has 5 nitrogen and oxygen atoms in total. The van der Waals surface area contributed by atoms with E-state index in [1.54, 1.807) is 18.4 Å². The van der Waals surface area contributed by atoms with Crippen LogP contribution in [0.5, 0.6) is 0 Å². The van der Waals surface area contributed by atoms with Crippen LogP contribution in [-0.2, 0) is 20.8 Å². The van der Waals surface area contributed by atoms with E-state index in [4.69, 9.17) is 14.5 Å². The van der Waals surface area contributed by atoms with Gasteiger partial charge in [0.1, 0.15) is 11.0 Å². The molecule has 0 spiro atoms. The molecule has 0 N–H and O–H groups in total. The molecular formula is C21H28N2O3S. The first kappa shape index (κ1) is 20.0. The lowest BCUT2D eigenvalue weighted by atomic mass is 9.99. The molecule has 6 heteroatoms. The second-order valence-corrected chi connectivity index (χ2v) is 8.17. The largest absolute Gasteiger partial charge is 0.468 e. The van der Waals surface area contributed by atoms with Crippen LogP contribution in [0.25, 0.3) is 10.6 Å². The third kappa shape index (κ3) is 4.75. The van der Waals surface area contributed by atoms with Crippen molar-refractivity contribution in [2.24, 2.45) is 0 Å². The summed E-state index contributed by atoms with van der Waals surface area (Å²) in [6.07, 6.45) is 1.69. The van der Waals surface area contributed by atoms with E-state index in [0.29, 0.717) is 18.9 Å². The third-order valence-corrected chi connectivity index (χ3v) is 6.15. The van der Waals surface area contributed by atoms with Gasteiger partial charge in [-0.2, -0.15) is 0 Å². The monoisotopic (exact) mass is 388 g/mol. The van der Waals surface area contributed by atoms with E-state index in [1.807, 2.05) is 0 Å². The number of likely N-dealkylation sites (tertiary alicyclic amines) is 1. The van der Waals surface area contributed by atoms with E-state index in [2.05, 4.69) is 48.4 Å². The highest BCUT2D eigenvalue weighted by Crippen LogP contribution is 2.28. The lowest BCUT2D eigenvalue weighted by Crippen LogP contribution is -2.49. The molecule has 1 saturated heterocycles. The molecule has 3 rings (SSSR count). The van der Waals surface area contributed by atoms with E-state index in [1.165, 1.54) is 12.7 Å². The summed E-state index contributed by atoms with van der Waals surface area (Å²) in [6.45, 7) is 5.84. The van der Waals surface area contributed by atoms with Crippen LogP contribution in [0, 0.1) is 0 Å². The molecule has 2 atom stereocenters. The van der Waals surface area contributed by atoms with Gasteiger partial charge in [-0.15, -0.1) is 11.3 Å². The molecule has 0 aliphatic carbocycles. The number of carbonyl (C=O) groups is 1. The first-order chi connectivity index (χ1) is 13.0. The van der Waals surface area contributed by atoms with Crippen LogP contribution < -0.4 is 0 Å². The number of ether oxygens (including phenoxy) is 2. The molecule has 1 aliphatic rings. The van der Waals surface area contributed by atoms with E-state index < -0.39 is 0 Å². The Morgan fingerprint density at radius 2 is 2.04 bits per heavy atom. The van der Waals surface area contributed by atoms with Crippen LogP contribution >= 0.6 is 11.3 Å². The molecule has 27 heavy (non-hydrogen) atoms. The van der Waals surface area contributed by atoms with Crippen LogP contribution in [0.4, 0.5) is 0 Å². The molecule has 1 fully saturated rings. The van der Waals surface area contributed by atoms with Crippen LogP contribution in [0.3, 0.4) is 0 Å². The standard InChI is InChI=1S/C21H28N2O3S/c1-14(2)15-5-7-16(8-6-15)20-22-17(13-27-20)12-23-10-9-18(25-3)11-19(23)21(24)26-4/h5-8,13-14,18-19H,9-12H2,1-4H3. The fourth-order valence-electron chi connectivity index (χ4n) is 3.50. The maximum atomic E-state index is 12.2. The number of esters is 1. The van der Waals surface area contributed by atoms with Crippen molar-refractivity contribution in [3.8, 4) is 10.6 Å². The molecule has 1 aromatic heterocycles. The molecule has 2 unspecified atom stereocenters. The Morgan fingerprint density at radius 3 is 2.67 bits per heavy atom. The fraction of sp³-hybridized carbons (Fsp3) is 0.524. The maximum absolute atomic E-state index is 12.2. The van der Waals surface area contributed by atoms with E-state index in [9.17, 15) is 4.79 Å². The average Bonchev–Trinajstić information content (AvgIpc) is 3.16. The van der Waals surface area contributed by atoms with Crippen molar-refractivity contribution in [2.75, 3.05) is 20.8 Å². The van der Waals surface area contributed by atoms with Gasteiger partial charge in [-0.1, -0.05) is 38.1 Å². The van der Waals surface area contributed by atoms with Crippen LogP contribution in [0.15, 0.2) is 29.6 Å². The summed E-state index contributed by atoms with van der Waals surface area (Å²) in [4.78, 5) is 19.2. The average molecular weight is 389 g/mol. The van der Waals surface area contributed by atoms with Crippen molar-refractivity contribution >= 4 is 17.3 Å². The number of piperidine rings is 1. The Bertz CT molecular complexity index is 757. The van der Waals surface area contributed by atoms with Gasteiger partial charge in [0.25, 0.3) is 0 Å². The van der Waals surface area contributed by atoms with E-state index in [-0.39, 0.29) is 18.1 Å². The highest BCUT2D eigenvalue weighted by atomic mass is 32.1. The lowest BCUT2D eigenvalue weighted by Gasteiger charge is -2.36. The molecular weight excluding hydrogens is 360 g/mol. The minimum absolute atomic E-state index is 0.107. The zero-order valence-electron chi connectivity index (χ0n) is 16.5. The van der Waals surface area contributed by atoms with Crippen molar-refractivity contribution < 1.29 is 14.3 Å². The van der Waals surface area contributed by atoms with Crippen molar-refractivity contribution in [1.82, 2.24) is 9.88 Å². The van der Waals surface area contributed by atoms with E-state index >= 15 is 0 Å². The molecule has 1 aromatic carbocycles. The minimum atomic E-state index is -0.274. The number of benzene rings is 1. The maximum Gasteiger partial charge on any atom is 0.323 e. The Balaban J connectivity index is 1.71. The van der Waals surface area contributed by atoms with Gasteiger partial charge in [-0.05, 0) is 24.3 Å². The smallest absolute Gasteiger partial charge is 0.323 e. The summed E-state index contributed by atoms with van der Waals surface area (Å²) in [6, 6.07) is 8.34. The molecule has 0 saturated carbocycles. The van der Waals surface area contributed by atoms with E-state index in [0.717, 1.165) is 29.2 Å². The third-order valence-electron chi connectivity index (χ3n) is 5.21.